The van der Waals surface area contributed by atoms with Crippen molar-refractivity contribution in [3.05, 3.63) is 65.8 Å². The molecule has 0 unspecified atom stereocenters. The monoisotopic (exact) mass is 517 g/mol. The summed E-state index contributed by atoms with van der Waals surface area (Å²) in [6, 6.07) is 6.96. The number of imidazole rings is 1. The van der Waals surface area contributed by atoms with Crippen LogP contribution in [0.4, 0.5) is 20.5 Å². The molecule has 9 heteroatoms. The van der Waals surface area contributed by atoms with Crippen LogP contribution in [0.1, 0.15) is 51.0 Å². The van der Waals surface area contributed by atoms with Gasteiger partial charge in [0.05, 0.1) is 11.7 Å². The Bertz CT molecular complexity index is 1480. The van der Waals surface area contributed by atoms with Crippen molar-refractivity contribution in [2.24, 2.45) is 5.92 Å². The molecule has 0 radical (unpaired) electrons. The highest BCUT2D eigenvalue weighted by Crippen LogP contribution is 2.33. The average Bonchev–Trinajstić information content (AvgIpc) is 3.24. The molecular weight excluding hydrogens is 484 g/mol. The lowest BCUT2D eigenvalue weighted by atomic mass is 9.85. The minimum atomic E-state index is -0.638. The van der Waals surface area contributed by atoms with E-state index in [2.05, 4.69) is 50.2 Å². The number of rotatable bonds is 6. The van der Waals surface area contributed by atoms with Crippen LogP contribution in [0.15, 0.2) is 42.7 Å². The summed E-state index contributed by atoms with van der Waals surface area (Å²) < 4.78 is 31.8. The number of aromatic nitrogens is 5. The quantitative estimate of drug-likeness (QED) is 0.313. The zero-order valence-corrected chi connectivity index (χ0v) is 22.5. The lowest BCUT2D eigenvalue weighted by molar-refractivity contribution is 0.248. The van der Waals surface area contributed by atoms with E-state index in [4.69, 9.17) is 0 Å². The second kappa shape index (κ2) is 10.6. The predicted molar refractivity (Wildman–Crippen MR) is 147 cm³/mol. The van der Waals surface area contributed by atoms with Gasteiger partial charge in [-0.05, 0) is 102 Å². The molecule has 0 bridgehead atoms. The number of pyridine rings is 1. The maximum absolute atomic E-state index is 15.0. The SMILES string of the molecule is C/C=C(\c1ccc(Nc2ncc(F)c(-c3cc(F)c4nc(C)n(C(C)C)c4c3)n2)nc1)C1CCN(C)CC1. The molecule has 5 rings (SSSR count). The lowest BCUT2D eigenvalue weighted by Crippen LogP contribution is -2.30. The summed E-state index contributed by atoms with van der Waals surface area (Å²) in [5.74, 6) is 0.781. The van der Waals surface area contributed by atoms with Crippen molar-refractivity contribution in [3.63, 3.8) is 0 Å². The first-order chi connectivity index (χ1) is 18.2. The van der Waals surface area contributed by atoms with Gasteiger partial charge in [-0.2, -0.15) is 0 Å². The fourth-order valence-corrected chi connectivity index (χ4v) is 5.40. The highest BCUT2D eigenvalue weighted by molar-refractivity contribution is 5.83. The van der Waals surface area contributed by atoms with E-state index in [1.54, 1.807) is 6.07 Å². The van der Waals surface area contributed by atoms with Crippen LogP contribution in [0.25, 0.3) is 27.9 Å². The zero-order valence-electron chi connectivity index (χ0n) is 22.5. The molecule has 1 aromatic carbocycles. The first-order valence-corrected chi connectivity index (χ1v) is 13.0. The van der Waals surface area contributed by atoms with E-state index in [1.165, 1.54) is 11.6 Å². The molecule has 4 aromatic rings. The molecule has 0 spiro atoms. The Labute approximate surface area is 221 Å². The van der Waals surface area contributed by atoms with Gasteiger partial charge in [-0.1, -0.05) is 6.08 Å². The molecule has 1 fully saturated rings. The molecule has 0 aliphatic carbocycles. The molecule has 0 amide bonds. The van der Waals surface area contributed by atoms with Crippen molar-refractivity contribution in [1.29, 1.82) is 0 Å². The summed E-state index contributed by atoms with van der Waals surface area (Å²) in [6.45, 7) is 10.1. The molecular formula is C29H33F2N7. The van der Waals surface area contributed by atoms with Crippen LogP contribution in [-0.4, -0.2) is 49.5 Å². The topological polar surface area (TPSA) is 71.8 Å². The van der Waals surface area contributed by atoms with Gasteiger partial charge >= 0.3 is 0 Å². The number of hydrogen-bond donors (Lipinski definition) is 1. The third kappa shape index (κ3) is 5.03. The van der Waals surface area contributed by atoms with E-state index in [0.29, 0.717) is 28.6 Å². The molecule has 1 aliphatic rings. The highest BCUT2D eigenvalue weighted by atomic mass is 19.1. The smallest absolute Gasteiger partial charge is 0.229 e. The van der Waals surface area contributed by atoms with Gasteiger partial charge in [-0.15, -0.1) is 0 Å². The first-order valence-electron chi connectivity index (χ1n) is 13.0. The summed E-state index contributed by atoms with van der Waals surface area (Å²) in [6.07, 6.45) is 7.37. The van der Waals surface area contributed by atoms with Crippen LogP contribution in [0.2, 0.25) is 0 Å². The Morgan fingerprint density at radius 2 is 1.82 bits per heavy atom. The maximum atomic E-state index is 15.0. The molecule has 1 aliphatic heterocycles. The normalized spacial score (nSPS) is 15.5. The van der Waals surface area contributed by atoms with Crippen LogP contribution < -0.4 is 5.32 Å². The number of anilines is 2. The molecule has 4 heterocycles. The second-order valence-electron chi connectivity index (χ2n) is 10.2. The predicted octanol–water partition coefficient (Wildman–Crippen LogP) is 6.54. The number of piperidine rings is 1. The maximum Gasteiger partial charge on any atom is 0.229 e. The van der Waals surface area contributed by atoms with E-state index in [-0.39, 0.29) is 23.2 Å². The molecule has 1 saturated heterocycles. The Morgan fingerprint density at radius 1 is 1.05 bits per heavy atom. The third-order valence-corrected chi connectivity index (χ3v) is 7.27. The summed E-state index contributed by atoms with van der Waals surface area (Å²) in [4.78, 5) is 19.7. The number of fused-ring (bicyclic) bond motifs is 1. The van der Waals surface area contributed by atoms with Crippen molar-refractivity contribution in [1.82, 2.24) is 29.4 Å². The summed E-state index contributed by atoms with van der Waals surface area (Å²) in [5, 5.41) is 3.06. The minimum absolute atomic E-state index is 0.00699. The molecule has 0 atom stereocenters. The molecule has 1 N–H and O–H groups in total. The second-order valence-corrected chi connectivity index (χ2v) is 10.2. The average molecular weight is 518 g/mol. The number of likely N-dealkylation sites (tertiary alicyclic amines) is 1. The number of nitrogens with one attached hydrogen (secondary N) is 1. The van der Waals surface area contributed by atoms with Crippen LogP contribution in [0, 0.1) is 24.5 Å². The Kier molecular flexibility index (Phi) is 7.21. The number of hydrogen-bond acceptors (Lipinski definition) is 6. The van der Waals surface area contributed by atoms with Crippen molar-refractivity contribution in [3.8, 4) is 11.3 Å². The summed E-state index contributed by atoms with van der Waals surface area (Å²) in [7, 11) is 2.16. The largest absolute Gasteiger partial charge is 0.326 e. The van der Waals surface area contributed by atoms with Gasteiger partial charge in [0.25, 0.3) is 0 Å². The zero-order chi connectivity index (χ0) is 27.0. The van der Waals surface area contributed by atoms with Gasteiger partial charge in [-0.25, -0.2) is 28.7 Å². The molecule has 3 aromatic heterocycles. The van der Waals surface area contributed by atoms with E-state index in [0.717, 1.165) is 37.7 Å². The number of allylic oxidation sites excluding steroid dienone is 2. The molecule has 7 nitrogen and oxygen atoms in total. The van der Waals surface area contributed by atoms with E-state index in [1.807, 2.05) is 43.7 Å². The van der Waals surface area contributed by atoms with E-state index >= 15 is 0 Å². The Balaban J connectivity index is 1.41. The van der Waals surface area contributed by atoms with Gasteiger partial charge in [-0.3, -0.25) is 0 Å². The van der Waals surface area contributed by atoms with Crippen LogP contribution in [0.3, 0.4) is 0 Å². The first kappa shape index (κ1) is 25.9. The number of benzene rings is 1. The Hall–Kier alpha value is -3.72. The lowest BCUT2D eigenvalue weighted by Gasteiger charge is -2.30. The number of halogens is 2. The molecule has 38 heavy (non-hydrogen) atoms. The minimum Gasteiger partial charge on any atom is -0.326 e. The van der Waals surface area contributed by atoms with Gasteiger partial charge in [0, 0.05) is 17.8 Å². The fraction of sp³-hybridized carbons (Fsp3) is 0.379. The van der Waals surface area contributed by atoms with Crippen LogP contribution in [0.5, 0.6) is 0 Å². The Morgan fingerprint density at radius 3 is 2.47 bits per heavy atom. The van der Waals surface area contributed by atoms with Gasteiger partial charge in [0.1, 0.15) is 22.9 Å². The number of aryl methyl sites for hydroxylation is 1. The van der Waals surface area contributed by atoms with Crippen molar-refractivity contribution >= 4 is 28.4 Å². The number of nitrogens with zero attached hydrogens (tertiary/aromatic N) is 6. The summed E-state index contributed by atoms with van der Waals surface area (Å²) in [5.41, 5.74) is 3.59. The van der Waals surface area contributed by atoms with Gasteiger partial charge in [0.15, 0.2) is 11.6 Å². The standard InChI is InChI=1S/C29H33F2N7/c1-6-22(19-9-11-37(5)12-10-19)20-7-8-26(32-15-20)35-29-33-16-24(31)27(36-29)21-13-23(30)28-25(14-21)38(17(2)3)18(4)34-28/h6-8,13-17,19H,9-12H2,1-5H3,(H,32,33,35,36)/b22-6-. The van der Waals surface area contributed by atoms with Gasteiger partial charge < -0.3 is 14.8 Å². The fourth-order valence-electron chi connectivity index (χ4n) is 5.40. The van der Waals surface area contributed by atoms with Crippen molar-refractivity contribution in [2.45, 2.75) is 46.6 Å². The van der Waals surface area contributed by atoms with E-state index in [9.17, 15) is 8.78 Å². The van der Waals surface area contributed by atoms with Crippen molar-refractivity contribution < 1.29 is 8.78 Å². The van der Waals surface area contributed by atoms with Crippen LogP contribution >= 0.6 is 0 Å². The molecule has 0 saturated carbocycles. The third-order valence-electron chi connectivity index (χ3n) is 7.27. The molecule has 198 valence electrons. The summed E-state index contributed by atoms with van der Waals surface area (Å²) >= 11 is 0. The van der Waals surface area contributed by atoms with Crippen LogP contribution in [-0.2, 0) is 0 Å². The van der Waals surface area contributed by atoms with Gasteiger partial charge in [0.2, 0.25) is 5.95 Å². The highest BCUT2D eigenvalue weighted by Gasteiger charge is 2.22. The van der Waals surface area contributed by atoms with Crippen molar-refractivity contribution in [2.75, 3.05) is 25.5 Å². The van der Waals surface area contributed by atoms with E-state index < -0.39 is 11.6 Å².